The SMILES string of the molecule is Cc1nc(C2=C(c3ccc4nccnc4c3)NC(N)N2)ccc1F. The Kier molecular flexibility index (Phi) is 3.35. The van der Waals surface area contributed by atoms with Crippen molar-refractivity contribution in [1.82, 2.24) is 25.6 Å². The van der Waals surface area contributed by atoms with Crippen LogP contribution in [0.5, 0.6) is 0 Å². The standard InChI is InChI=1S/C17H15FN6/c1-9-11(18)3-5-13(22-9)16-15(23-17(19)24-16)10-2-4-12-14(8-10)21-7-6-20-12/h2-8,17,23-24H,19H2,1H3. The van der Waals surface area contributed by atoms with Crippen LogP contribution in [-0.4, -0.2) is 21.2 Å². The Morgan fingerprint density at radius 2 is 1.75 bits per heavy atom. The first-order valence-corrected chi connectivity index (χ1v) is 7.49. The highest BCUT2D eigenvalue weighted by Crippen LogP contribution is 2.27. The van der Waals surface area contributed by atoms with Crippen LogP contribution in [0.15, 0.2) is 42.7 Å². The van der Waals surface area contributed by atoms with Crippen LogP contribution in [0.3, 0.4) is 0 Å². The molecular formula is C17H15FN6. The van der Waals surface area contributed by atoms with Gasteiger partial charge >= 0.3 is 0 Å². The number of fused-ring (bicyclic) bond motifs is 1. The van der Waals surface area contributed by atoms with E-state index in [1.165, 1.54) is 6.07 Å². The van der Waals surface area contributed by atoms with E-state index in [2.05, 4.69) is 25.6 Å². The van der Waals surface area contributed by atoms with Crippen molar-refractivity contribution in [3.8, 4) is 0 Å². The maximum absolute atomic E-state index is 13.5. The van der Waals surface area contributed by atoms with Gasteiger partial charge in [0.15, 0.2) is 6.29 Å². The minimum Gasteiger partial charge on any atom is -0.351 e. The number of hydrogen-bond donors (Lipinski definition) is 3. The molecule has 1 aromatic carbocycles. The number of aromatic nitrogens is 3. The number of hydrogen-bond acceptors (Lipinski definition) is 6. The molecular weight excluding hydrogens is 307 g/mol. The lowest BCUT2D eigenvalue weighted by Crippen LogP contribution is -2.41. The molecule has 1 atom stereocenters. The molecule has 0 amide bonds. The van der Waals surface area contributed by atoms with Crippen molar-refractivity contribution in [2.75, 3.05) is 0 Å². The lowest BCUT2D eigenvalue weighted by atomic mass is 10.1. The Morgan fingerprint density at radius 3 is 2.54 bits per heavy atom. The third-order valence-electron chi connectivity index (χ3n) is 3.89. The number of benzene rings is 1. The number of nitrogens with one attached hydrogen (secondary N) is 2. The van der Waals surface area contributed by atoms with Gasteiger partial charge in [-0.2, -0.15) is 0 Å². The first-order chi connectivity index (χ1) is 11.6. The van der Waals surface area contributed by atoms with E-state index < -0.39 is 6.29 Å². The molecule has 3 heterocycles. The van der Waals surface area contributed by atoms with E-state index in [9.17, 15) is 4.39 Å². The number of rotatable bonds is 2. The molecule has 1 aliphatic rings. The summed E-state index contributed by atoms with van der Waals surface area (Å²) in [5.41, 5.74) is 11.0. The molecule has 7 heteroatoms. The predicted molar refractivity (Wildman–Crippen MR) is 89.5 cm³/mol. The number of halogens is 1. The maximum atomic E-state index is 13.5. The van der Waals surface area contributed by atoms with Crippen LogP contribution in [0.2, 0.25) is 0 Å². The number of aryl methyl sites for hydroxylation is 1. The summed E-state index contributed by atoms with van der Waals surface area (Å²) in [6.45, 7) is 1.63. The molecule has 2 aromatic heterocycles. The summed E-state index contributed by atoms with van der Waals surface area (Å²) in [6.07, 6.45) is 2.86. The summed E-state index contributed by atoms with van der Waals surface area (Å²) in [5, 5.41) is 6.32. The van der Waals surface area contributed by atoms with Gasteiger partial charge in [-0.05, 0) is 31.2 Å². The fourth-order valence-corrected chi connectivity index (χ4v) is 2.72. The van der Waals surface area contributed by atoms with E-state index >= 15 is 0 Å². The number of nitrogens with zero attached hydrogens (tertiary/aromatic N) is 3. The van der Waals surface area contributed by atoms with Crippen LogP contribution in [0.4, 0.5) is 4.39 Å². The van der Waals surface area contributed by atoms with Crippen LogP contribution >= 0.6 is 0 Å². The minimum absolute atomic E-state index is 0.336. The molecule has 0 saturated heterocycles. The summed E-state index contributed by atoms with van der Waals surface area (Å²) in [5.74, 6) is -0.336. The van der Waals surface area contributed by atoms with Gasteiger partial charge in [0.2, 0.25) is 0 Å². The third-order valence-corrected chi connectivity index (χ3v) is 3.89. The fraction of sp³-hybridized carbons (Fsp3) is 0.118. The van der Waals surface area contributed by atoms with Gasteiger partial charge < -0.3 is 10.6 Å². The van der Waals surface area contributed by atoms with Crippen LogP contribution < -0.4 is 16.4 Å². The molecule has 4 N–H and O–H groups in total. The van der Waals surface area contributed by atoms with E-state index in [1.807, 2.05) is 18.2 Å². The molecule has 24 heavy (non-hydrogen) atoms. The molecule has 120 valence electrons. The smallest absolute Gasteiger partial charge is 0.150 e. The predicted octanol–water partition coefficient (Wildman–Crippen LogP) is 1.73. The van der Waals surface area contributed by atoms with E-state index in [4.69, 9.17) is 5.73 Å². The summed E-state index contributed by atoms with van der Waals surface area (Å²) in [6, 6.07) is 8.80. The topological polar surface area (TPSA) is 88.8 Å². The molecule has 0 spiro atoms. The van der Waals surface area contributed by atoms with Crippen molar-refractivity contribution in [3.05, 3.63) is 65.5 Å². The van der Waals surface area contributed by atoms with Gasteiger partial charge in [0, 0.05) is 18.0 Å². The lowest BCUT2D eigenvalue weighted by Gasteiger charge is -2.08. The normalized spacial score (nSPS) is 17.0. The molecule has 3 aromatic rings. The van der Waals surface area contributed by atoms with Gasteiger partial charge in [-0.15, -0.1) is 0 Å². The second kappa shape index (κ2) is 5.54. The van der Waals surface area contributed by atoms with Gasteiger partial charge in [-0.25, -0.2) is 9.37 Å². The summed E-state index contributed by atoms with van der Waals surface area (Å²) < 4.78 is 13.5. The maximum Gasteiger partial charge on any atom is 0.150 e. The molecule has 1 aliphatic heterocycles. The summed E-state index contributed by atoms with van der Waals surface area (Å²) in [7, 11) is 0. The van der Waals surface area contributed by atoms with E-state index in [0.29, 0.717) is 11.4 Å². The lowest BCUT2D eigenvalue weighted by molar-refractivity contribution is 0.602. The van der Waals surface area contributed by atoms with Crippen molar-refractivity contribution in [2.24, 2.45) is 5.73 Å². The largest absolute Gasteiger partial charge is 0.351 e. The van der Waals surface area contributed by atoms with Crippen molar-refractivity contribution in [2.45, 2.75) is 13.2 Å². The molecule has 0 fully saturated rings. The quantitative estimate of drug-likeness (QED) is 0.666. The van der Waals surface area contributed by atoms with Gasteiger partial charge in [0.1, 0.15) is 5.82 Å². The molecule has 4 rings (SSSR count). The van der Waals surface area contributed by atoms with Crippen molar-refractivity contribution in [1.29, 1.82) is 0 Å². The highest BCUT2D eigenvalue weighted by molar-refractivity contribution is 5.92. The Bertz CT molecular complexity index is 968. The second-order valence-electron chi connectivity index (χ2n) is 5.54. The van der Waals surface area contributed by atoms with Gasteiger partial charge in [0.05, 0.1) is 33.8 Å². The molecule has 0 bridgehead atoms. The Morgan fingerprint density at radius 1 is 1.00 bits per heavy atom. The van der Waals surface area contributed by atoms with E-state index in [-0.39, 0.29) is 5.82 Å². The van der Waals surface area contributed by atoms with Crippen LogP contribution in [0.25, 0.3) is 22.4 Å². The highest BCUT2D eigenvalue weighted by atomic mass is 19.1. The van der Waals surface area contributed by atoms with E-state index in [1.54, 1.807) is 25.4 Å². The van der Waals surface area contributed by atoms with Gasteiger partial charge in [-0.3, -0.25) is 15.7 Å². The first-order valence-electron chi connectivity index (χ1n) is 7.49. The molecule has 6 nitrogen and oxygen atoms in total. The van der Waals surface area contributed by atoms with Crippen molar-refractivity contribution >= 4 is 22.4 Å². The highest BCUT2D eigenvalue weighted by Gasteiger charge is 2.23. The molecule has 0 saturated carbocycles. The van der Waals surface area contributed by atoms with Crippen molar-refractivity contribution < 1.29 is 4.39 Å². The zero-order valence-corrected chi connectivity index (χ0v) is 12.9. The molecule has 0 aliphatic carbocycles. The van der Waals surface area contributed by atoms with Crippen LogP contribution in [0, 0.1) is 12.7 Å². The minimum atomic E-state index is -0.445. The summed E-state index contributed by atoms with van der Waals surface area (Å²) in [4.78, 5) is 12.9. The molecule has 0 radical (unpaired) electrons. The number of nitrogens with two attached hydrogens (primary N) is 1. The van der Waals surface area contributed by atoms with Gasteiger partial charge in [0.25, 0.3) is 0 Å². The zero-order valence-electron chi connectivity index (χ0n) is 12.9. The van der Waals surface area contributed by atoms with Crippen LogP contribution in [-0.2, 0) is 0 Å². The Balaban J connectivity index is 1.86. The Hall–Kier alpha value is -3.06. The van der Waals surface area contributed by atoms with E-state index in [0.717, 1.165) is 28.0 Å². The molecule has 1 unspecified atom stereocenters. The number of pyridine rings is 1. The average molecular weight is 322 g/mol. The zero-order chi connectivity index (χ0) is 16.7. The summed E-state index contributed by atoms with van der Waals surface area (Å²) >= 11 is 0. The fourth-order valence-electron chi connectivity index (χ4n) is 2.72. The average Bonchev–Trinajstić information content (AvgIpc) is 2.99. The third kappa shape index (κ3) is 2.44. The first kappa shape index (κ1) is 14.5. The Labute approximate surface area is 137 Å². The van der Waals surface area contributed by atoms with Crippen molar-refractivity contribution in [3.63, 3.8) is 0 Å². The monoisotopic (exact) mass is 322 g/mol. The second-order valence-corrected chi connectivity index (χ2v) is 5.54. The van der Waals surface area contributed by atoms with Crippen LogP contribution in [0.1, 0.15) is 17.0 Å². The van der Waals surface area contributed by atoms with Gasteiger partial charge in [-0.1, -0.05) is 6.07 Å².